The number of nitrogens with zero attached hydrogens (tertiary/aromatic N) is 2. The van der Waals surface area contributed by atoms with E-state index in [1.165, 1.54) is 5.56 Å². The third kappa shape index (κ3) is 4.92. The van der Waals surface area contributed by atoms with Gasteiger partial charge in [0.1, 0.15) is 11.4 Å². The van der Waals surface area contributed by atoms with Crippen LogP contribution in [0, 0.1) is 0 Å². The van der Waals surface area contributed by atoms with E-state index in [1.54, 1.807) is 0 Å². The van der Waals surface area contributed by atoms with E-state index in [0.717, 1.165) is 68.8 Å². The van der Waals surface area contributed by atoms with Crippen LogP contribution in [0.4, 0.5) is 17.1 Å². The van der Waals surface area contributed by atoms with Gasteiger partial charge in [0, 0.05) is 36.9 Å². The van der Waals surface area contributed by atoms with Crippen LogP contribution < -0.4 is 15.4 Å². The van der Waals surface area contributed by atoms with Crippen molar-refractivity contribution in [2.75, 3.05) is 29.4 Å². The summed E-state index contributed by atoms with van der Waals surface area (Å²) in [7, 11) is 0. The SMILES string of the molecule is CCCCc1[nH]c(=O)c(N2CC[C@@H](c3ccccc3)C2)c(O)c1N(CCC)c1ccccc1. The van der Waals surface area contributed by atoms with Gasteiger partial charge in [0.25, 0.3) is 5.56 Å². The van der Waals surface area contributed by atoms with Crippen molar-refractivity contribution in [1.82, 2.24) is 4.98 Å². The molecule has 1 atom stereocenters. The van der Waals surface area contributed by atoms with Gasteiger partial charge >= 0.3 is 0 Å². The van der Waals surface area contributed by atoms with E-state index in [9.17, 15) is 9.90 Å². The number of aryl methyl sites for hydroxylation is 1. The Morgan fingerprint density at radius 3 is 2.39 bits per heavy atom. The van der Waals surface area contributed by atoms with Gasteiger partial charge in [-0.1, -0.05) is 68.8 Å². The predicted molar refractivity (Wildman–Crippen MR) is 137 cm³/mol. The summed E-state index contributed by atoms with van der Waals surface area (Å²) < 4.78 is 0. The molecule has 0 amide bonds. The molecule has 1 fully saturated rings. The standard InChI is InChI=1S/C28H35N3O2/c1-3-5-16-24-25(31(18-4-2)23-14-10-7-11-15-23)27(32)26(28(33)29-24)30-19-17-22(20-30)21-12-8-6-9-13-21/h6-15,22H,3-5,16-20H2,1-2H3,(H2,29,32,33)/t22-/m1/s1. The molecule has 0 aliphatic carbocycles. The lowest BCUT2D eigenvalue weighted by Gasteiger charge is -2.30. The Balaban J connectivity index is 1.77. The number of unbranched alkanes of at least 4 members (excludes halogenated alkanes) is 1. The minimum Gasteiger partial charge on any atom is -0.504 e. The average molecular weight is 446 g/mol. The lowest BCUT2D eigenvalue weighted by molar-refractivity contribution is 0.472. The first-order valence-corrected chi connectivity index (χ1v) is 12.2. The fourth-order valence-corrected chi connectivity index (χ4v) is 4.90. The van der Waals surface area contributed by atoms with Crippen molar-refractivity contribution in [2.45, 2.75) is 51.9 Å². The van der Waals surface area contributed by atoms with Crippen molar-refractivity contribution in [2.24, 2.45) is 0 Å². The van der Waals surface area contributed by atoms with Crippen LogP contribution >= 0.6 is 0 Å². The van der Waals surface area contributed by atoms with Gasteiger partial charge in [0.15, 0.2) is 5.75 Å². The van der Waals surface area contributed by atoms with E-state index < -0.39 is 0 Å². The molecule has 4 rings (SSSR count). The second-order valence-electron chi connectivity index (χ2n) is 8.91. The molecule has 1 aromatic heterocycles. The number of para-hydroxylation sites is 1. The average Bonchev–Trinajstić information content (AvgIpc) is 3.32. The maximum Gasteiger partial charge on any atom is 0.275 e. The topological polar surface area (TPSA) is 59.6 Å². The molecule has 0 saturated carbocycles. The third-order valence-corrected chi connectivity index (χ3v) is 6.55. The quantitative estimate of drug-likeness (QED) is 0.426. The Morgan fingerprint density at radius 2 is 1.73 bits per heavy atom. The Hall–Kier alpha value is -3.21. The Labute approximate surface area is 196 Å². The summed E-state index contributed by atoms with van der Waals surface area (Å²) in [5.41, 5.74) is 4.08. The van der Waals surface area contributed by atoms with E-state index in [1.807, 2.05) is 24.3 Å². The minimum absolute atomic E-state index is 0.107. The predicted octanol–water partition coefficient (Wildman–Crippen LogP) is 5.97. The number of H-pyrrole nitrogens is 1. The maximum atomic E-state index is 13.2. The van der Waals surface area contributed by atoms with Gasteiger partial charge < -0.3 is 19.9 Å². The number of rotatable bonds is 9. The van der Waals surface area contributed by atoms with Gasteiger partial charge in [0.05, 0.1) is 0 Å². The summed E-state index contributed by atoms with van der Waals surface area (Å²) in [4.78, 5) is 20.6. The van der Waals surface area contributed by atoms with Crippen LogP contribution in [-0.2, 0) is 6.42 Å². The molecule has 2 aromatic carbocycles. The maximum absolute atomic E-state index is 13.2. The molecule has 0 bridgehead atoms. The zero-order valence-electron chi connectivity index (χ0n) is 19.8. The summed E-state index contributed by atoms with van der Waals surface area (Å²) in [6.07, 6.45) is 4.60. The van der Waals surface area contributed by atoms with Crippen LogP contribution in [0.2, 0.25) is 0 Å². The fraction of sp³-hybridized carbons (Fsp3) is 0.393. The van der Waals surface area contributed by atoms with Crippen LogP contribution in [0.1, 0.15) is 56.7 Å². The number of pyridine rings is 1. The molecule has 1 saturated heterocycles. The van der Waals surface area contributed by atoms with Crippen molar-refractivity contribution in [3.8, 4) is 5.75 Å². The number of aromatic amines is 1. The van der Waals surface area contributed by atoms with Crippen molar-refractivity contribution in [3.05, 3.63) is 82.3 Å². The lowest BCUT2D eigenvalue weighted by Crippen LogP contribution is -2.30. The van der Waals surface area contributed by atoms with Crippen molar-refractivity contribution in [3.63, 3.8) is 0 Å². The zero-order chi connectivity index (χ0) is 23.2. The van der Waals surface area contributed by atoms with Gasteiger partial charge in [-0.2, -0.15) is 0 Å². The fourth-order valence-electron chi connectivity index (χ4n) is 4.90. The first-order chi connectivity index (χ1) is 16.1. The van der Waals surface area contributed by atoms with Gasteiger partial charge in [-0.25, -0.2) is 0 Å². The molecule has 0 radical (unpaired) electrons. The van der Waals surface area contributed by atoms with Crippen molar-refractivity contribution >= 4 is 17.1 Å². The smallest absolute Gasteiger partial charge is 0.275 e. The van der Waals surface area contributed by atoms with Gasteiger partial charge in [-0.05, 0) is 43.4 Å². The molecule has 174 valence electrons. The second kappa shape index (κ2) is 10.6. The summed E-state index contributed by atoms with van der Waals surface area (Å²) >= 11 is 0. The van der Waals surface area contributed by atoms with Crippen LogP contribution in [0.3, 0.4) is 0 Å². The number of aromatic nitrogens is 1. The number of hydrogen-bond donors (Lipinski definition) is 2. The summed E-state index contributed by atoms with van der Waals surface area (Å²) in [6.45, 7) is 6.52. The largest absolute Gasteiger partial charge is 0.504 e. The van der Waals surface area contributed by atoms with Gasteiger partial charge in [-0.15, -0.1) is 0 Å². The number of anilines is 3. The van der Waals surface area contributed by atoms with Crippen LogP contribution in [0.25, 0.3) is 0 Å². The Kier molecular flexibility index (Phi) is 7.38. The molecule has 0 spiro atoms. The molecule has 3 aromatic rings. The zero-order valence-corrected chi connectivity index (χ0v) is 19.8. The van der Waals surface area contributed by atoms with Gasteiger partial charge in [0.2, 0.25) is 0 Å². The van der Waals surface area contributed by atoms with E-state index in [0.29, 0.717) is 11.6 Å². The highest BCUT2D eigenvalue weighted by Crippen LogP contribution is 2.42. The van der Waals surface area contributed by atoms with E-state index in [-0.39, 0.29) is 11.3 Å². The minimum atomic E-state index is -0.194. The van der Waals surface area contributed by atoms with Crippen molar-refractivity contribution < 1.29 is 5.11 Å². The highest BCUT2D eigenvalue weighted by molar-refractivity contribution is 5.78. The number of aromatic hydroxyl groups is 1. The van der Waals surface area contributed by atoms with Crippen LogP contribution in [0.5, 0.6) is 5.75 Å². The van der Waals surface area contributed by atoms with Crippen molar-refractivity contribution in [1.29, 1.82) is 0 Å². The molecular weight excluding hydrogens is 410 g/mol. The van der Waals surface area contributed by atoms with Crippen LogP contribution in [-0.4, -0.2) is 29.7 Å². The number of nitrogens with one attached hydrogen (secondary N) is 1. The molecule has 2 heterocycles. The van der Waals surface area contributed by atoms with Gasteiger partial charge in [-0.3, -0.25) is 4.79 Å². The Bertz CT molecular complexity index is 1100. The molecule has 1 aliphatic heterocycles. The molecular formula is C28H35N3O2. The highest BCUT2D eigenvalue weighted by Gasteiger charge is 2.31. The first kappa shape index (κ1) is 23.0. The monoisotopic (exact) mass is 445 g/mol. The summed E-state index contributed by atoms with van der Waals surface area (Å²) in [5.74, 6) is 0.463. The molecule has 5 heteroatoms. The molecule has 33 heavy (non-hydrogen) atoms. The number of benzene rings is 2. The number of hydrogen-bond acceptors (Lipinski definition) is 4. The highest BCUT2D eigenvalue weighted by atomic mass is 16.3. The Morgan fingerprint density at radius 1 is 1.03 bits per heavy atom. The normalized spacial score (nSPS) is 15.7. The molecule has 1 aliphatic rings. The molecule has 2 N–H and O–H groups in total. The summed E-state index contributed by atoms with van der Waals surface area (Å²) in [6, 6.07) is 20.6. The molecule has 0 unspecified atom stereocenters. The lowest BCUT2D eigenvalue weighted by atomic mass is 9.99. The van der Waals surface area contributed by atoms with E-state index in [2.05, 4.69) is 65.0 Å². The third-order valence-electron chi connectivity index (χ3n) is 6.55. The van der Waals surface area contributed by atoms with E-state index >= 15 is 0 Å². The van der Waals surface area contributed by atoms with E-state index in [4.69, 9.17) is 0 Å². The van der Waals surface area contributed by atoms with Crippen LogP contribution in [0.15, 0.2) is 65.5 Å². The summed E-state index contributed by atoms with van der Waals surface area (Å²) in [5, 5.41) is 11.6. The first-order valence-electron chi connectivity index (χ1n) is 12.2. The second-order valence-corrected chi connectivity index (χ2v) is 8.91. The molecule has 5 nitrogen and oxygen atoms in total.